The van der Waals surface area contributed by atoms with Gasteiger partial charge in [-0.2, -0.15) is 0 Å². The maximum Gasteiger partial charge on any atom is 0.265 e. The lowest BCUT2D eigenvalue weighted by Crippen LogP contribution is -2.30. The lowest BCUT2D eigenvalue weighted by atomic mass is 10.2. The number of ether oxygens (including phenoxy) is 2. The molecule has 0 aliphatic carbocycles. The van der Waals surface area contributed by atoms with Crippen molar-refractivity contribution < 1.29 is 14.3 Å². The van der Waals surface area contributed by atoms with Gasteiger partial charge in [0.05, 0.1) is 6.61 Å². The van der Waals surface area contributed by atoms with Gasteiger partial charge in [0.15, 0.2) is 6.10 Å². The smallest absolute Gasteiger partial charge is 0.265 e. The summed E-state index contributed by atoms with van der Waals surface area (Å²) >= 11 is 0. The molecule has 1 atom stereocenters. The number of anilines is 1. The molecule has 1 unspecified atom stereocenters. The van der Waals surface area contributed by atoms with E-state index in [4.69, 9.17) is 9.47 Å². The molecule has 140 valence electrons. The van der Waals surface area contributed by atoms with Gasteiger partial charge in [0.25, 0.3) is 5.91 Å². The Labute approximate surface area is 156 Å². The fraction of sp³-hybridized carbons (Fsp3) is 0.409. The number of rotatable bonds is 10. The fourth-order valence-corrected chi connectivity index (χ4v) is 2.54. The molecule has 0 radical (unpaired) electrons. The number of carbonyl (C=O) groups is 1. The molecule has 0 fully saturated rings. The summed E-state index contributed by atoms with van der Waals surface area (Å²) in [6.07, 6.45) is 4.16. The third-order valence-electron chi connectivity index (χ3n) is 4.06. The van der Waals surface area contributed by atoms with E-state index in [-0.39, 0.29) is 5.91 Å². The summed E-state index contributed by atoms with van der Waals surface area (Å²) < 4.78 is 11.4. The molecule has 0 aliphatic rings. The molecule has 26 heavy (non-hydrogen) atoms. The summed E-state index contributed by atoms with van der Waals surface area (Å²) in [6.45, 7) is 6.66. The molecule has 2 aromatic rings. The number of hydrogen-bond acceptors (Lipinski definition) is 3. The third-order valence-corrected chi connectivity index (χ3v) is 4.06. The number of nitrogens with one attached hydrogen (secondary N) is 1. The average Bonchev–Trinajstić information content (AvgIpc) is 2.63. The van der Waals surface area contributed by atoms with Gasteiger partial charge in [-0.1, -0.05) is 38.3 Å². The number of unbranched alkanes of at least 4 members (excludes halogenated alkanes) is 3. The summed E-state index contributed by atoms with van der Waals surface area (Å²) in [6, 6.07) is 15.1. The summed E-state index contributed by atoms with van der Waals surface area (Å²) in [5, 5.41) is 2.87. The topological polar surface area (TPSA) is 47.6 Å². The van der Waals surface area contributed by atoms with Crippen molar-refractivity contribution in [3.05, 3.63) is 54.1 Å². The van der Waals surface area contributed by atoms with E-state index in [0.29, 0.717) is 5.75 Å². The first kappa shape index (κ1) is 19.8. The highest BCUT2D eigenvalue weighted by Gasteiger charge is 2.15. The van der Waals surface area contributed by atoms with Gasteiger partial charge >= 0.3 is 0 Å². The van der Waals surface area contributed by atoms with Crippen LogP contribution in [-0.2, 0) is 4.79 Å². The predicted molar refractivity (Wildman–Crippen MR) is 106 cm³/mol. The molecule has 0 aromatic heterocycles. The van der Waals surface area contributed by atoms with Crippen LogP contribution in [0.1, 0.15) is 45.1 Å². The van der Waals surface area contributed by atoms with Crippen molar-refractivity contribution in [3.8, 4) is 11.5 Å². The Morgan fingerprint density at radius 1 is 1.04 bits per heavy atom. The highest BCUT2D eigenvalue weighted by Crippen LogP contribution is 2.18. The molecule has 1 amide bonds. The maximum absolute atomic E-state index is 12.3. The van der Waals surface area contributed by atoms with Crippen LogP contribution >= 0.6 is 0 Å². The molecule has 0 saturated carbocycles. The minimum absolute atomic E-state index is 0.181. The van der Waals surface area contributed by atoms with Crippen LogP contribution in [0.2, 0.25) is 0 Å². The Balaban J connectivity index is 1.79. The van der Waals surface area contributed by atoms with Gasteiger partial charge in [-0.05, 0) is 62.2 Å². The number of hydrogen-bond donors (Lipinski definition) is 1. The lowest BCUT2D eigenvalue weighted by Gasteiger charge is -2.15. The number of amides is 1. The van der Waals surface area contributed by atoms with Crippen molar-refractivity contribution in [1.29, 1.82) is 0 Å². The van der Waals surface area contributed by atoms with Gasteiger partial charge in [-0.15, -0.1) is 0 Å². The minimum Gasteiger partial charge on any atom is -0.494 e. The van der Waals surface area contributed by atoms with E-state index in [1.807, 2.05) is 55.5 Å². The Morgan fingerprint density at radius 3 is 2.50 bits per heavy atom. The Hall–Kier alpha value is -2.49. The molecule has 0 heterocycles. The largest absolute Gasteiger partial charge is 0.494 e. The third kappa shape index (κ3) is 6.79. The molecule has 0 bridgehead atoms. The summed E-state index contributed by atoms with van der Waals surface area (Å²) in [5.41, 5.74) is 1.83. The molecule has 0 aliphatic heterocycles. The van der Waals surface area contributed by atoms with E-state index in [9.17, 15) is 4.79 Å². The van der Waals surface area contributed by atoms with Gasteiger partial charge in [0, 0.05) is 5.69 Å². The van der Waals surface area contributed by atoms with Gasteiger partial charge in [-0.25, -0.2) is 0 Å². The second kappa shape index (κ2) is 10.5. The lowest BCUT2D eigenvalue weighted by molar-refractivity contribution is -0.122. The van der Waals surface area contributed by atoms with Crippen molar-refractivity contribution >= 4 is 11.6 Å². The Morgan fingerprint density at radius 2 is 1.81 bits per heavy atom. The van der Waals surface area contributed by atoms with Crippen LogP contribution in [-0.4, -0.2) is 18.6 Å². The summed E-state index contributed by atoms with van der Waals surface area (Å²) in [4.78, 5) is 12.3. The zero-order chi connectivity index (χ0) is 18.8. The Bertz CT molecular complexity index is 682. The van der Waals surface area contributed by atoms with Crippen LogP contribution in [0.15, 0.2) is 48.5 Å². The molecule has 1 N–H and O–H groups in total. The summed E-state index contributed by atoms with van der Waals surface area (Å²) in [5.74, 6) is 1.34. The first-order chi connectivity index (χ1) is 12.6. The van der Waals surface area contributed by atoms with E-state index < -0.39 is 6.10 Å². The molecular weight excluding hydrogens is 326 g/mol. The quantitative estimate of drug-likeness (QED) is 0.584. The van der Waals surface area contributed by atoms with Gasteiger partial charge in [0.1, 0.15) is 11.5 Å². The monoisotopic (exact) mass is 355 g/mol. The van der Waals surface area contributed by atoms with Gasteiger partial charge in [-0.3, -0.25) is 4.79 Å². The predicted octanol–water partition coefficient (Wildman–Crippen LogP) is 5.36. The van der Waals surface area contributed by atoms with Crippen molar-refractivity contribution in [1.82, 2.24) is 0 Å². The van der Waals surface area contributed by atoms with Crippen LogP contribution in [0.3, 0.4) is 0 Å². The standard InChI is InChI=1S/C22H29NO3/c1-4-5-6-7-15-25-20-13-11-19(12-14-20)23-22(24)18(3)26-21-10-8-9-17(2)16-21/h8-14,16,18H,4-7,15H2,1-3H3,(H,23,24). The number of carbonyl (C=O) groups excluding carboxylic acids is 1. The van der Waals surface area contributed by atoms with Crippen LogP contribution in [0.5, 0.6) is 11.5 Å². The zero-order valence-corrected chi connectivity index (χ0v) is 16.0. The summed E-state index contributed by atoms with van der Waals surface area (Å²) in [7, 11) is 0. The van der Waals surface area contributed by atoms with Gasteiger partial charge < -0.3 is 14.8 Å². The van der Waals surface area contributed by atoms with E-state index >= 15 is 0 Å². The van der Waals surface area contributed by atoms with Gasteiger partial charge in [0.2, 0.25) is 0 Å². The molecule has 2 aromatic carbocycles. The van der Waals surface area contributed by atoms with Crippen molar-refractivity contribution in [2.24, 2.45) is 0 Å². The highest BCUT2D eigenvalue weighted by molar-refractivity contribution is 5.94. The van der Waals surface area contributed by atoms with Crippen LogP contribution in [0.4, 0.5) is 5.69 Å². The molecule has 0 saturated heterocycles. The normalized spacial score (nSPS) is 11.7. The Kier molecular flexibility index (Phi) is 8.00. The van der Waals surface area contributed by atoms with Crippen molar-refractivity contribution in [3.63, 3.8) is 0 Å². The second-order valence-electron chi connectivity index (χ2n) is 6.50. The van der Waals surface area contributed by atoms with Crippen LogP contribution in [0.25, 0.3) is 0 Å². The highest BCUT2D eigenvalue weighted by atomic mass is 16.5. The van der Waals surface area contributed by atoms with Crippen LogP contribution in [0, 0.1) is 6.92 Å². The van der Waals surface area contributed by atoms with E-state index in [1.54, 1.807) is 6.92 Å². The van der Waals surface area contributed by atoms with Crippen molar-refractivity contribution in [2.75, 3.05) is 11.9 Å². The number of benzene rings is 2. The second-order valence-corrected chi connectivity index (χ2v) is 6.50. The molecule has 2 rings (SSSR count). The molecular formula is C22H29NO3. The molecule has 4 nitrogen and oxygen atoms in total. The van der Waals surface area contributed by atoms with E-state index in [1.165, 1.54) is 19.3 Å². The SMILES string of the molecule is CCCCCCOc1ccc(NC(=O)C(C)Oc2cccc(C)c2)cc1. The first-order valence-corrected chi connectivity index (χ1v) is 9.35. The number of aryl methyl sites for hydroxylation is 1. The zero-order valence-electron chi connectivity index (χ0n) is 16.0. The minimum atomic E-state index is -0.578. The maximum atomic E-state index is 12.3. The fourth-order valence-electron chi connectivity index (χ4n) is 2.54. The van der Waals surface area contributed by atoms with E-state index in [2.05, 4.69) is 12.2 Å². The van der Waals surface area contributed by atoms with Crippen LogP contribution < -0.4 is 14.8 Å². The molecule has 4 heteroatoms. The molecule has 0 spiro atoms. The van der Waals surface area contributed by atoms with E-state index in [0.717, 1.165) is 30.0 Å². The van der Waals surface area contributed by atoms with Crippen molar-refractivity contribution in [2.45, 2.75) is 52.6 Å². The first-order valence-electron chi connectivity index (χ1n) is 9.35. The average molecular weight is 355 g/mol.